The number of nitrogens with two attached hydrogens (primary N) is 1. The molecular formula is C11H16FN. The lowest BCUT2D eigenvalue weighted by atomic mass is 9.95. The van der Waals surface area contributed by atoms with Gasteiger partial charge in [0.25, 0.3) is 0 Å². The number of rotatable bonds is 2. The molecule has 1 atom stereocenters. The Hall–Kier alpha value is -0.890. The molecule has 0 aliphatic carbocycles. The summed E-state index contributed by atoms with van der Waals surface area (Å²) >= 11 is 0. The first-order valence-corrected chi connectivity index (χ1v) is 4.58. The van der Waals surface area contributed by atoms with Gasteiger partial charge in [-0.05, 0) is 49.1 Å². The molecule has 0 unspecified atom stereocenters. The van der Waals surface area contributed by atoms with Gasteiger partial charge in [-0.15, -0.1) is 0 Å². The minimum absolute atomic E-state index is 0.0283. The third kappa shape index (κ3) is 2.07. The predicted molar refractivity (Wildman–Crippen MR) is 53.1 cm³/mol. The van der Waals surface area contributed by atoms with Crippen molar-refractivity contribution in [3.05, 3.63) is 34.6 Å². The number of halogens is 1. The van der Waals surface area contributed by atoms with Crippen LogP contribution in [0, 0.1) is 19.7 Å². The van der Waals surface area contributed by atoms with Crippen LogP contribution in [-0.2, 0) is 0 Å². The molecule has 0 radical (unpaired) electrons. The highest BCUT2D eigenvalue weighted by Gasteiger charge is 2.10. The molecule has 72 valence electrons. The van der Waals surface area contributed by atoms with Crippen LogP contribution in [0.2, 0.25) is 0 Å². The normalized spacial score (nSPS) is 13.0. The number of benzene rings is 1. The largest absolute Gasteiger partial charge is 0.324 e. The van der Waals surface area contributed by atoms with Gasteiger partial charge in [0.05, 0.1) is 0 Å². The molecule has 0 aromatic heterocycles. The molecule has 0 aliphatic heterocycles. The van der Waals surface area contributed by atoms with E-state index in [9.17, 15) is 4.39 Å². The van der Waals surface area contributed by atoms with E-state index in [-0.39, 0.29) is 11.9 Å². The smallest absolute Gasteiger partial charge is 0.123 e. The molecule has 0 fully saturated rings. The van der Waals surface area contributed by atoms with Gasteiger partial charge in [0, 0.05) is 6.04 Å². The van der Waals surface area contributed by atoms with Crippen molar-refractivity contribution < 1.29 is 4.39 Å². The molecule has 13 heavy (non-hydrogen) atoms. The van der Waals surface area contributed by atoms with Crippen LogP contribution < -0.4 is 5.73 Å². The maximum absolute atomic E-state index is 12.9. The van der Waals surface area contributed by atoms with Crippen LogP contribution in [0.3, 0.4) is 0 Å². The summed E-state index contributed by atoms with van der Waals surface area (Å²) in [5.74, 6) is -0.179. The molecule has 1 nitrogen and oxygen atoms in total. The predicted octanol–water partition coefficient (Wildman–Crippen LogP) is 2.85. The molecular weight excluding hydrogens is 165 g/mol. The molecule has 0 bridgehead atoms. The summed E-state index contributed by atoms with van der Waals surface area (Å²) in [6.07, 6.45) is 0.882. The van der Waals surface area contributed by atoms with E-state index < -0.39 is 0 Å². The van der Waals surface area contributed by atoms with Gasteiger partial charge in [-0.2, -0.15) is 0 Å². The van der Waals surface area contributed by atoms with Crippen LogP contribution >= 0.6 is 0 Å². The van der Waals surface area contributed by atoms with Crippen molar-refractivity contribution in [2.75, 3.05) is 0 Å². The fraction of sp³-hybridized carbons (Fsp3) is 0.455. The Morgan fingerprint density at radius 3 is 2.15 bits per heavy atom. The van der Waals surface area contributed by atoms with Crippen molar-refractivity contribution in [1.29, 1.82) is 0 Å². The van der Waals surface area contributed by atoms with Gasteiger partial charge >= 0.3 is 0 Å². The summed E-state index contributed by atoms with van der Waals surface area (Å²) in [6.45, 7) is 5.84. The van der Waals surface area contributed by atoms with E-state index in [0.29, 0.717) is 0 Å². The zero-order valence-electron chi connectivity index (χ0n) is 8.39. The summed E-state index contributed by atoms with van der Waals surface area (Å²) in [4.78, 5) is 0. The number of hydrogen-bond donors (Lipinski definition) is 1. The second-order valence-corrected chi connectivity index (χ2v) is 3.47. The molecule has 1 aromatic rings. The molecule has 0 saturated carbocycles. The van der Waals surface area contributed by atoms with E-state index >= 15 is 0 Å². The average molecular weight is 181 g/mol. The highest BCUT2D eigenvalue weighted by molar-refractivity contribution is 5.36. The Morgan fingerprint density at radius 1 is 1.31 bits per heavy atom. The summed E-state index contributed by atoms with van der Waals surface area (Å²) in [5.41, 5.74) is 8.91. The van der Waals surface area contributed by atoms with Crippen LogP contribution in [0.4, 0.5) is 4.39 Å². The maximum Gasteiger partial charge on any atom is 0.123 e. The third-order valence-corrected chi connectivity index (χ3v) is 2.37. The second kappa shape index (κ2) is 3.88. The monoisotopic (exact) mass is 181 g/mol. The van der Waals surface area contributed by atoms with Crippen LogP contribution in [0.15, 0.2) is 12.1 Å². The minimum atomic E-state index is -0.179. The van der Waals surface area contributed by atoms with Gasteiger partial charge in [0.2, 0.25) is 0 Å². The standard InChI is InChI=1S/C11H16FN/c1-4-10(13)11-7(2)5-9(12)6-8(11)3/h5-6,10H,4,13H2,1-3H3/t10-/m0/s1. The van der Waals surface area contributed by atoms with Crippen molar-refractivity contribution in [1.82, 2.24) is 0 Å². The third-order valence-electron chi connectivity index (χ3n) is 2.37. The summed E-state index contributed by atoms with van der Waals surface area (Å²) in [7, 11) is 0. The van der Waals surface area contributed by atoms with Crippen molar-refractivity contribution in [2.24, 2.45) is 5.73 Å². The van der Waals surface area contributed by atoms with E-state index in [1.807, 2.05) is 20.8 Å². The molecule has 2 N–H and O–H groups in total. The highest BCUT2D eigenvalue weighted by Crippen LogP contribution is 2.23. The zero-order valence-corrected chi connectivity index (χ0v) is 8.39. The van der Waals surface area contributed by atoms with Crippen molar-refractivity contribution in [2.45, 2.75) is 33.2 Å². The van der Waals surface area contributed by atoms with Crippen molar-refractivity contribution in [3.63, 3.8) is 0 Å². The molecule has 2 heteroatoms. The minimum Gasteiger partial charge on any atom is -0.324 e. The zero-order chi connectivity index (χ0) is 10.0. The lowest BCUT2D eigenvalue weighted by Gasteiger charge is -2.15. The molecule has 0 saturated heterocycles. The molecule has 0 spiro atoms. The van der Waals surface area contributed by atoms with Crippen LogP contribution in [0.25, 0.3) is 0 Å². The maximum atomic E-state index is 12.9. The summed E-state index contributed by atoms with van der Waals surface area (Å²) in [5, 5.41) is 0. The average Bonchev–Trinajstić information content (AvgIpc) is 2.02. The van der Waals surface area contributed by atoms with Crippen molar-refractivity contribution in [3.8, 4) is 0 Å². The first-order chi connectivity index (χ1) is 6.06. The second-order valence-electron chi connectivity index (χ2n) is 3.47. The first kappa shape index (κ1) is 10.2. The van der Waals surface area contributed by atoms with Gasteiger partial charge in [-0.25, -0.2) is 4.39 Å². The van der Waals surface area contributed by atoms with E-state index in [0.717, 1.165) is 23.1 Å². The van der Waals surface area contributed by atoms with E-state index in [1.165, 1.54) is 12.1 Å². The molecule has 0 amide bonds. The van der Waals surface area contributed by atoms with Gasteiger partial charge in [0.1, 0.15) is 5.82 Å². The van der Waals surface area contributed by atoms with E-state index in [2.05, 4.69) is 0 Å². The molecule has 0 aliphatic rings. The van der Waals surface area contributed by atoms with Crippen LogP contribution in [0.1, 0.15) is 36.1 Å². The van der Waals surface area contributed by atoms with Crippen LogP contribution in [-0.4, -0.2) is 0 Å². The van der Waals surface area contributed by atoms with E-state index in [4.69, 9.17) is 5.73 Å². The van der Waals surface area contributed by atoms with Crippen LogP contribution in [0.5, 0.6) is 0 Å². The number of hydrogen-bond acceptors (Lipinski definition) is 1. The Bertz CT molecular complexity index is 284. The fourth-order valence-electron chi connectivity index (χ4n) is 1.71. The van der Waals surface area contributed by atoms with Gasteiger partial charge in [-0.1, -0.05) is 6.92 Å². The molecule has 1 aromatic carbocycles. The Balaban J connectivity index is 3.20. The molecule has 1 rings (SSSR count). The molecule has 0 heterocycles. The van der Waals surface area contributed by atoms with E-state index in [1.54, 1.807) is 0 Å². The van der Waals surface area contributed by atoms with Crippen molar-refractivity contribution >= 4 is 0 Å². The summed E-state index contributed by atoms with van der Waals surface area (Å²) in [6, 6.07) is 3.11. The lowest BCUT2D eigenvalue weighted by Crippen LogP contribution is -2.12. The SMILES string of the molecule is CC[C@H](N)c1c(C)cc(F)cc1C. The number of aryl methyl sites for hydroxylation is 2. The fourth-order valence-corrected chi connectivity index (χ4v) is 1.71. The Morgan fingerprint density at radius 2 is 1.77 bits per heavy atom. The van der Waals surface area contributed by atoms with Gasteiger partial charge in [-0.3, -0.25) is 0 Å². The Labute approximate surface area is 78.8 Å². The summed E-state index contributed by atoms with van der Waals surface area (Å²) < 4.78 is 12.9. The van der Waals surface area contributed by atoms with Gasteiger partial charge < -0.3 is 5.73 Å². The quantitative estimate of drug-likeness (QED) is 0.746. The first-order valence-electron chi connectivity index (χ1n) is 4.58. The lowest BCUT2D eigenvalue weighted by molar-refractivity contribution is 0.618. The Kier molecular flexibility index (Phi) is 3.04. The highest BCUT2D eigenvalue weighted by atomic mass is 19.1. The van der Waals surface area contributed by atoms with Gasteiger partial charge in [0.15, 0.2) is 0 Å². The topological polar surface area (TPSA) is 26.0 Å².